The Morgan fingerprint density at radius 2 is 1.67 bits per heavy atom. The molecule has 7 rings (SSSR count). The average molecular weight is 421 g/mol. The predicted molar refractivity (Wildman–Crippen MR) is 118 cm³/mol. The number of halogens is 1. The molecule has 3 nitrogen and oxygen atoms in total. The Labute approximate surface area is 179 Å². The fourth-order valence-electron chi connectivity index (χ4n) is 6.67. The summed E-state index contributed by atoms with van der Waals surface area (Å²) in [6.45, 7) is 0.489. The molecule has 0 radical (unpaired) electrons. The highest BCUT2D eigenvalue weighted by Crippen LogP contribution is 2.60. The van der Waals surface area contributed by atoms with Gasteiger partial charge in [-0.05, 0) is 74.0 Å². The molecule has 4 aliphatic carbocycles. The van der Waals surface area contributed by atoms with E-state index in [9.17, 15) is 9.18 Å². The van der Waals surface area contributed by atoms with Crippen LogP contribution in [-0.4, -0.2) is 10.9 Å². The number of amides is 1. The van der Waals surface area contributed by atoms with Crippen LogP contribution in [0.4, 0.5) is 9.52 Å². The Kier molecular flexibility index (Phi) is 4.24. The van der Waals surface area contributed by atoms with E-state index in [0.717, 1.165) is 29.5 Å². The fraction of sp³-hybridized carbons (Fsp3) is 0.440. The van der Waals surface area contributed by atoms with E-state index < -0.39 is 0 Å². The second kappa shape index (κ2) is 6.88. The van der Waals surface area contributed by atoms with Crippen LogP contribution < -0.4 is 4.90 Å². The van der Waals surface area contributed by atoms with Gasteiger partial charge in [0.15, 0.2) is 5.13 Å². The molecule has 0 saturated heterocycles. The van der Waals surface area contributed by atoms with Crippen LogP contribution in [0.25, 0.3) is 10.2 Å². The molecule has 1 heterocycles. The summed E-state index contributed by atoms with van der Waals surface area (Å²) in [4.78, 5) is 20.6. The number of para-hydroxylation sites is 1. The van der Waals surface area contributed by atoms with Gasteiger partial charge in [-0.1, -0.05) is 47.7 Å². The standard InChI is InChI=1S/C25H25FN2OS/c26-20-7-4-8-21-22(20)27-24(30-21)28(15-16-5-2-1-3-6-16)23(29)25-12-17-9-18(13-25)11-19(10-17)14-25/h1-8,17-19H,9-15H2. The quantitative estimate of drug-likeness (QED) is 0.505. The summed E-state index contributed by atoms with van der Waals surface area (Å²) in [5.41, 5.74) is 1.20. The molecule has 154 valence electrons. The van der Waals surface area contributed by atoms with E-state index in [1.165, 1.54) is 36.7 Å². The summed E-state index contributed by atoms with van der Waals surface area (Å²) < 4.78 is 15.1. The number of carbonyl (C=O) groups excluding carboxylic acids is 1. The first-order chi connectivity index (χ1) is 14.6. The number of rotatable bonds is 4. The van der Waals surface area contributed by atoms with E-state index >= 15 is 0 Å². The summed E-state index contributed by atoms with van der Waals surface area (Å²) >= 11 is 1.43. The molecule has 0 atom stereocenters. The number of carbonyl (C=O) groups is 1. The van der Waals surface area contributed by atoms with Crippen molar-refractivity contribution in [2.24, 2.45) is 23.2 Å². The minimum absolute atomic E-state index is 0.213. The van der Waals surface area contributed by atoms with Crippen molar-refractivity contribution < 1.29 is 9.18 Å². The number of thiazole rings is 1. The molecule has 5 heteroatoms. The van der Waals surface area contributed by atoms with Crippen LogP contribution in [0, 0.1) is 29.0 Å². The second-order valence-electron chi connectivity index (χ2n) is 9.66. The van der Waals surface area contributed by atoms with E-state index in [0.29, 0.717) is 34.9 Å². The minimum atomic E-state index is -0.322. The zero-order chi connectivity index (χ0) is 20.3. The molecular formula is C25H25FN2OS. The average Bonchev–Trinajstić information content (AvgIpc) is 3.17. The third kappa shape index (κ3) is 2.97. The van der Waals surface area contributed by atoms with Crippen LogP contribution in [0.2, 0.25) is 0 Å². The molecule has 4 aliphatic rings. The molecule has 30 heavy (non-hydrogen) atoms. The Morgan fingerprint density at radius 3 is 2.30 bits per heavy atom. The van der Waals surface area contributed by atoms with Crippen molar-refractivity contribution in [3.8, 4) is 0 Å². The molecule has 0 aliphatic heterocycles. The van der Waals surface area contributed by atoms with Crippen molar-refractivity contribution in [2.45, 2.75) is 45.1 Å². The van der Waals surface area contributed by atoms with Gasteiger partial charge in [-0.25, -0.2) is 9.37 Å². The van der Waals surface area contributed by atoms with Crippen LogP contribution in [0.3, 0.4) is 0 Å². The summed E-state index contributed by atoms with van der Waals surface area (Å²) in [6, 6.07) is 15.1. The van der Waals surface area contributed by atoms with Gasteiger partial charge in [0.1, 0.15) is 11.3 Å². The normalized spacial score (nSPS) is 29.4. The smallest absolute Gasteiger partial charge is 0.235 e. The summed E-state index contributed by atoms with van der Waals surface area (Å²) in [5, 5.41) is 0.625. The first-order valence-corrected chi connectivity index (χ1v) is 11.8. The van der Waals surface area contributed by atoms with Crippen molar-refractivity contribution in [3.63, 3.8) is 0 Å². The van der Waals surface area contributed by atoms with Crippen LogP contribution in [-0.2, 0) is 11.3 Å². The monoisotopic (exact) mass is 420 g/mol. The van der Waals surface area contributed by atoms with Crippen LogP contribution >= 0.6 is 11.3 Å². The Bertz CT molecular complexity index is 1070. The first kappa shape index (κ1) is 18.5. The highest BCUT2D eigenvalue weighted by atomic mass is 32.1. The van der Waals surface area contributed by atoms with E-state index in [4.69, 9.17) is 0 Å². The van der Waals surface area contributed by atoms with Gasteiger partial charge in [0.05, 0.1) is 16.7 Å². The molecule has 0 unspecified atom stereocenters. The minimum Gasteiger partial charge on any atom is -0.283 e. The SMILES string of the molecule is O=C(N(Cc1ccccc1)c1nc2c(F)cccc2s1)C12CC3CC(CC(C3)C1)C2. The number of aromatic nitrogens is 1. The molecule has 4 fully saturated rings. The Balaban J connectivity index is 1.42. The number of fused-ring (bicyclic) bond motifs is 1. The number of nitrogens with zero attached hydrogens (tertiary/aromatic N) is 2. The fourth-order valence-corrected chi connectivity index (χ4v) is 7.65. The molecule has 1 aromatic heterocycles. The van der Waals surface area contributed by atoms with E-state index in [2.05, 4.69) is 4.98 Å². The van der Waals surface area contributed by atoms with Gasteiger partial charge in [-0.15, -0.1) is 0 Å². The third-order valence-corrected chi connectivity index (χ3v) is 8.55. The number of hydrogen-bond acceptors (Lipinski definition) is 3. The lowest BCUT2D eigenvalue weighted by atomic mass is 9.49. The van der Waals surface area contributed by atoms with Crippen molar-refractivity contribution in [3.05, 3.63) is 59.9 Å². The highest BCUT2D eigenvalue weighted by Gasteiger charge is 2.56. The van der Waals surface area contributed by atoms with Crippen molar-refractivity contribution in [1.82, 2.24) is 4.98 Å². The lowest BCUT2D eigenvalue weighted by Crippen LogP contribution is -2.54. The lowest BCUT2D eigenvalue weighted by Gasteiger charge is -2.56. The van der Waals surface area contributed by atoms with Crippen molar-refractivity contribution in [1.29, 1.82) is 0 Å². The number of hydrogen-bond donors (Lipinski definition) is 0. The molecule has 4 bridgehead atoms. The maximum atomic E-state index is 14.3. The van der Waals surface area contributed by atoms with Gasteiger partial charge < -0.3 is 0 Å². The molecule has 3 aromatic rings. The van der Waals surface area contributed by atoms with Crippen molar-refractivity contribution in [2.75, 3.05) is 4.90 Å². The molecule has 1 amide bonds. The van der Waals surface area contributed by atoms with E-state index in [1.807, 2.05) is 41.3 Å². The van der Waals surface area contributed by atoms with Crippen LogP contribution in [0.1, 0.15) is 44.1 Å². The molecular weight excluding hydrogens is 395 g/mol. The summed E-state index contributed by atoms with van der Waals surface area (Å²) in [6.07, 6.45) is 6.96. The van der Waals surface area contributed by atoms with Gasteiger partial charge in [-0.2, -0.15) is 0 Å². The van der Waals surface area contributed by atoms with Crippen molar-refractivity contribution >= 4 is 32.6 Å². The summed E-state index contributed by atoms with van der Waals surface area (Å²) in [7, 11) is 0. The molecule has 0 spiro atoms. The predicted octanol–water partition coefficient (Wildman–Crippen LogP) is 6.19. The topological polar surface area (TPSA) is 33.2 Å². The van der Waals surface area contributed by atoms with Gasteiger partial charge in [-0.3, -0.25) is 9.69 Å². The molecule has 0 N–H and O–H groups in total. The second-order valence-corrected chi connectivity index (χ2v) is 10.7. The lowest BCUT2D eigenvalue weighted by molar-refractivity contribution is -0.143. The van der Waals surface area contributed by atoms with Crippen LogP contribution in [0.5, 0.6) is 0 Å². The van der Waals surface area contributed by atoms with Gasteiger partial charge in [0, 0.05) is 0 Å². The van der Waals surface area contributed by atoms with Gasteiger partial charge >= 0.3 is 0 Å². The number of anilines is 1. The third-order valence-electron chi connectivity index (χ3n) is 7.51. The van der Waals surface area contributed by atoms with Gasteiger partial charge in [0.2, 0.25) is 5.91 Å². The maximum Gasteiger partial charge on any atom is 0.235 e. The number of benzene rings is 2. The molecule has 4 saturated carbocycles. The zero-order valence-corrected chi connectivity index (χ0v) is 17.7. The zero-order valence-electron chi connectivity index (χ0n) is 16.9. The largest absolute Gasteiger partial charge is 0.283 e. The first-order valence-electron chi connectivity index (χ1n) is 11.0. The maximum absolute atomic E-state index is 14.3. The Hall–Kier alpha value is -2.27. The van der Waals surface area contributed by atoms with E-state index in [-0.39, 0.29) is 17.1 Å². The molecule has 2 aromatic carbocycles. The van der Waals surface area contributed by atoms with E-state index in [1.54, 1.807) is 6.07 Å². The van der Waals surface area contributed by atoms with Gasteiger partial charge in [0.25, 0.3) is 0 Å². The summed E-state index contributed by atoms with van der Waals surface area (Å²) in [5.74, 6) is 1.99. The Morgan fingerprint density at radius 1 is 1.00 bits per heavy atom. The van der Waals surface area contributed by atoms with Crippen LogP contribution in [0.15, 0.2) is 48.5 Å². The highest BCUT2D eigenvalue weighted by molar-refractivity contribution is 7.22.